The molecule has 0 aliphatic carbocycles. The number of halogens is 1. The van der Waals surface area contributed by atoms with Gasteiger partial charge in [-0.05, 0) is 27.7 Å². The van der Waals surface area contributed by atoms with E-state index in [1.807, 2.05) is 0 Å². The Labute approximate surface area is 94.9 Å². The third-order valence-electron chi connectivity index (χ3n) is 1.56. The van der Waals surface area contributed by atoms with Crippen molar-refractivity contribution in [1.82, 2.24) is 10.4 Å². The number of nitrogens with one attached hydrogen (secondary N) is 1. The molecule has 0 unspecified atom stereocenters. The van der Waals surface area contributed by atoms with Gasteiger partial charge in [0.05, 0.1) is 6.54 Å². The number of alkyl carbamates (subject to hydrolysis) is 1. The van der Waals surface area contributed by atoms with Gasteiger partial charge in [-0.3, -0.25) is 4.79 Å². The van der Waals surface area contributed by atoms with Crippen molar-refractivity contribution in [3.8, 4) is 0 Å². The Balaban J connectivity index is 3.75. The number of rotatable bonds is 4. The van der Waals surface area contributed by atoms with Gasteiger partial charge in [0.15, 0.2) is 0 Å². The van der Waals surface area contributed by atoms with Crippen LogP contribution in [-0.2, 0) is 9.53 Å². The number of nitrogens with zero attached hydrogens (tertiary/aromatic N) is 1. The lowest BCUT2D eigenvalue weighted by Gasteiger charge is -2.19. The van der Waals surface area contributed by atoms with E-state index in [-0.39, 0.29) is 24.6 Å². The van der Waals surface area contributed by atoms with E-state index in [1.54, 1.807) is 20.8 Å². The molecule has 0 aliphatic heterocycles. The van der Waals surface area contributed by atoms with Crippen molar-refractivity contribution in [2.45, 2.75) is 39.7 Å². The molecule has 0 bridgehead atoms. The van der Waals surface area contributed by atoms with Crippen molar-refractivity contribution in [2.75, 3.05) is 13.1 Å². The maximum absolute atomic E-state index is 12.7. The third kappa shape index (κ3) is 7.03. The highest BCUT2D eigenvalue weighted by atomic mass is 19.2. The number of carbonyl (C=O) groups is 2. The first-order valence-electron chi connectivity index (χ1n) is 5.19. The van der Waals surface area contributed by atoms with Crippen LogP contribution in [0.4, 0.5) is 9.28 Å². The minimum atomic E-state index is -0.654. The zero-order valence-corrected chi connectivity index (χ0v) is 10.2. The zero-order chi connectivity index (χ0) is 12.8. The molecule has 0 spiro atoms. The first-order valence-corrected chi connectivity index (χ1v) is 5.19. The fourth-order valence-electron chi connectivity index (χ4n) is 0.883. The molecule has 0 aromatic rings. The molecule has 0 aromatic heterocycles. The van der Waals surface area contributed by atoms with E-state index in [9.17, 15) is 14.1 Å². The number of ether oxygens (including phenoxy) is 1. The van der Waals surface area contributed by atoms with E-state index in [2.05, 4.69) is 5.32 Å². The zero-order valence-electron chi connectivity index (χ0n) is 10.2. The first-order chi connectivity index (χ1) is 7.26. The maximum atomic E-state index is 12.7. The molecule has 1 N–H and O–H groups in total. The fourth-order valence-corrected chi connectivity index (χ4v) is 0.883. The maximum Gasteiger partial charge on any atom is 0.407 e. The summed E-state index contributed by atoms with van der Waals surface area (Å²) in [6.07, 6.45) is -0.689. The number of hydrogen-bond donors (Lipinski definition) is 1. The summed E-state index contributed by atoms with van der Waals surface area (Å²) in [5.74, 6) is -0.654. The molecule has 0 aliphatic rings. The first kappa shape index (κ1) is 14.7. The molecule has 0 atom stereocenters. The van der Waals surface area contributed by atoms with Crippen molar-refractivity contribution in [3.63, 3.8) is 0 Å². The highest BCUT2D eigenvalue weighted by molar-refractivity contribution is 5.76. The number of amides is 2. The molecule has 0 fully saturated rings. The van der Waals surface area contributed by atoms with Crippen LogP contribution in [0.1, 0.15) is 34.1 Å². The summed E-state index contributed by atoms with van der Waals surface area (Å²) in [5, 5.41) is 2.48. The van der Waals surface area contributed by atoms with Gasteiger partial charge in [-0.2, -0.15) is 5.12 Å². The summed E-state index contributed by atoms with van der Waals surface area (Å²) in [5.41, 5.74) is -0.580. The molecular weight excluding hydrogens is 215 g/mol. The topological polar surface area (TPSA) is 58.6 Å². The van der Waals surface area contributed by atoms with Crippen LogP contribution in [0, 0.1) is 0 Å². The van der Waals surface area contributed by atoms with Crippen molar-refractivity contribution in [1.29, 1.82) is 0 Å². The van der Waals surface area contributed by atoms with Crippen LogP contribution in [0.3, 0.4) is 0 Å². The van der Waals surface area contributed by atoms with Crippen LogP contribution < -0.4 is 5.32 Å². The smallest absolute Gasteiger partial charge is 0.407 e. The minimum absolute atomic E-state index is 0.00523. The van der Waals surface area contributed by atoms with Crippen LogP contribution in [-0.4, -0.2) is 35.8 Å². The van der Waals surface area contributed by atoms with Crippen LogP contribution in [0.5, 0.6) is 0 Å². The summed E-state index contributed by atoms with van der Waals surface area (Å²) >= 11 is 0. The van der Waals surface area contributed by atoms with Crippen LogP contribution in [0.25, 0.3) is 0 Å². The molecule has 16 heavy (non-hydrogen) atoms. The lowest BCUT2D eigenvalue weighted by molar-refractivity contribution is -0.145. The van der Waals surface area contributed by atoms with E-state index >= 15 is 0 Å². The van der Waals surface area contributed by atoms with Crippen molar-refractivity contribution in [2.24, 2.45) is 0 Å². The standard InChI is InChI=1S/C10H19FN2O3/c1-5-13(11)8(14)6-7-12-9(15)16-10(2,3)4/h5-7H2,1-4H3,(H,12,15). The van der Waals surface area contributed by atoms with Gasteiger partial charge in [0.2, 0.25) is 0 Å². The van der Waals surface area contributed by atoms with Crippen molar-refractivity contribution in [3.05, 3.63) is 0 Å². The quantitative estimate of drug-likeness (QED) is 0.752. The largest absolute Gasteiger partial charge is 0.444 e. The van der Waals surface area contributed by atoms with E-state index in [1.165, 1.54) is 6.92 Å². The SMILES string of the molecule is CCN(F)C(=O)CCNC(=O)OC(C)(C)C. The second-order valence-corrected chi connectivity index (χ2v) is 4.25. The number of carbonyl (C=O) groups excluding carboxylic acids is 2. The molecular formula is C10H19FN2O3. The highest BCUT2D eigenvalue weighted by Gasteiger charge is 2.16. The third-order valence-corrected chi connectivity index (χ3v) is 1.56. The highest BCUT2D eigenvalue weighted by Crippen LogP contribution is 2.06. The van der Waals surface area contributed by atoms with E-state index in [0.717, 1.165) is 0 Å². The molecule has 2 amide bonds. The molecule has 0 heterocycles. The van der Waals surface area contributed by atoms with Gasteiger partial charge in [-0.15, -0.1) is 0 Å². The van der Waals surface area contributed by atoms with Gasteiger partial charge >= 0.3 is 6.09 Å². The predicted octanol–water partition coefficient (Wildman–Crippen LogP) is 1.63. The lowest BCUT2D eigenvalue weighted by Crippen LogP contribution is -2.35. The summed E-state index contributed by atoms with van der Waals surface area (Å²) in [6, 6.07) is 0. The molecule has 0 aromatic carbocycles. The van der Waals surface area contributed by atoms with Gasteiger partial charge in [0, 0.05) is 13.0 Å². The van der Waals surface area contributed by atoms with E-state index < -0.39 is 17.6 Å². The van der Waals surface area contributed by atoms with Gasteiger partial charge in [-0.25, -0.2) is 4.79 Å². The van der Waals surface area contributed by atoms with Crippen molar-refractivity contribution >= 4 is 12.0 Å². The normalized spacial score (nSPS) is 10.8. The Morgan fingerprint density at radius 1 is 1.38 bits per heavy atom. The molecule has 0 saturated carbocycles. The minimum Gasteiger partial charge on any atom is -0.444 e. The van der Waals surface area contributed by atoms with Gasteiger partial charge in [0.1, 0.15) is 5.60 Å². The Hall–Kier alpha value is -1.33. The molecule has 0 saturated heterocycles. The van der Waals surface area contributed by atoms with Crippen LogP contribution in [0.2, 0.25) is 0 Å². The average Bonchev–Trinajstić information content (AvgIpc) is 2.13. The molecule has 0 radical (unpaired) electrons. The molecule has 94 valence electrons. The summed E-state index contributed by atoms with van der Waals surface area (Å²) < 4.78 is 17.6. The monoisotopic (exact) mass is 234 g/mol. The van der Waals surface area contributed by atoms with Crippen LogP contribution in [0.15, 0.2) is 0 Å². The Morgan fingerprint density at radius 2 is 1.94 bits per heavy atom. The lowest BCUT2D eigenvalue weighted by atomic mass is 10.2. The van der Waals surface area contributed by atoms with Crippen molar-refractivity contribution < 1.29 is 18.8 Å². The van der Waals surface area contributed by atoms with Gasteiger partial charge in [0.25, 0.3) is 5.91 Å². The molecule has 0 rings (SSSR count). The Kier molecular flexibility index (Phi) is 5.77. The summed E-state index contributed by atoms with van der Waals surface area (Å²) in [7, 11) is 0. The Morgan fingerprint density at radius 3 is 2.38 bits per heavy atom. The number of hydrogen-bond acceptors (Lipinski definition) is 3. The summed E-state index contributed by atoms with van der Waals surface area (Å²) in [4.78, 5) is 22.1. The fraction of sp³-hybridized carbons (Fsp3) is 0.800. The van der Waals surface area contributed by atoms with E-state index in [4.69, 9.17) is 4.74 Å². The molecule has 5 nitrogen and oxygen atoms in total. The second kappa shape index (κ2) is 6.30. The van der Waals surface area contributed by atoms with Crippen LogP contribution >= 0.6 is 0 Å². The van der Waals surface area contributed by atoms with Gasteiger partial charge < -0.3 is 10.1 Å². The molecule has 6 heteroatoms. The predicted molar refractivity (Wildman–Crippen MR) is 57.3 cm³/mol. The Bertz CT molecular complexity index is 251. The average molecular weight is 234 g/mol. The second-order valence-electron chi connectivity index (χ2n) is 4.25. The van der Waals surface area contributed by atoms with E-state index in [0.29, 0.717) is 0 Å². The summed E-state index contributed by atoms with van der Waals surface area (Å²) in [6.45, 7) is 6.80. The van der Waals surface area contributed by atoms with Gasteiger partial charge in [-0.1, -0.05) is 4.48 Å².